The number of nitrogens with one attached hydrogen (secondary N) is 1. The fourth-order valence-electron chi connectivity index (χ4n) is 4.83. The maximum atomic E-state index is 12.9. The molecule has 3 aromatic carbocycles. The molecule has 0 aromatic heterocycles. The van der Waals surface area contributed by atoms with Gasteiger partial charge in [0.15, 0.2) is 0 Å². The number of ether oxygens (including phenoxy) is 1. The van der Waals surface area contributed by atoms with Crippen LogP contribution in [0.4, 0.5) is 0 Å². The van der Waals surface area contributed by atoms with Crippen molar-refractivity contribution in [3.63, 3.8) is 0 Å². The first kappa shape index (κ1) is 28.4. The summed E-state index contributed by atoms with van der Waals surface area (Å²) in [5.41, 5.74) is 3.37. The number of nitrogens with zero attached hydrogens (tertiary/aromatic N) is 2. The number of piperazine rings is 1. The Morgan fingerprint density at radius 1 is 0.921 bits per heavy atom. The molecule has 202 valence electrons. The van der Waals surface area contributed by atoms with E-state index >= 15 is 0 Å². The lowest BCUT2D eigenvalue weighted by Gasteiger charge is -2.39. The molecule has 0 spiro atoms. The van der Waals surface area contributed by atoms with Crippen LogP contribution in [0.3, 0.4) is 0 Å². The van der Waals surface area contributed by atoms with Crippen molar-refractivity contribution in [3.05, 3.63) is 99.5 Å². The van der Waals surface area contributed by atoms with Crippen LogP contribution in [0.2, 0.25) is 10.0 Å². The summed E-state index contributed by atoms with van der Waals surface area (Å²) in [6, 6.07) is 24.2. The van der Waals surface area contributed by atoms with E-state index in [0.717, 1.165) is 62.4 Å². The zero-order valence-corrected chi connectivity index (χ0v) is 23.6. The fraction of sp³-hybridized carbons (Fsp3) is 0.387. The molecular weight excluding hydrogens is 517 g/mol. The summed E-state index contributed by atoms with van der Waals surface area (Å²) in [4.78, 5) is 17.9. The van der Waals surface area contributed by atoms with Gasteiger partial charge in [0.25, 0.3) is 0 Å². The third kappa shape index (κ3) is 8.47. The highest BCUT2D eigenvalue weighted by Gasteiger charge is 2.26. The average Bonchev–Trinajstić information content (AvgIpc) is 2.94. The van der Waals surface area contributed by atoms with Crippen LogP contribution in [0.1, 0.15) is 36.1 Å². The number of halogens is 2. The Hall–Kier alpha value is -2.57. The molecule has 1 atom stereocenters. The molecule has 0 aliphatic carbocycles. The molecule has 1 aliphatic heterocycles. The molecule has 3 aromatic rings. The Balaban J connectivity index is 1.36. The highest BCUT2D eigenvalue weighted by atomic mass is 35.5. The van der Waals surface area contributed by atoms with Gasteiger partial charge in [-0.2, -0.15) is 0 Å². The van der Waals surface area contributed by atoms with Gasteiger partial charge in [-0.3, -0.25) is 9.69 Å². The van der Waals surface area contributed by atoms with Gasteiger partial charge in [-0.15, -0.1) is 0 Å². The van der Waals surface area contributed by atoms with E-state index in [1.54, 1.807) is 0 Å². The fourth-order valence-corrected chi connectivity index (χ4v) is 5.14. The van der Waals surface area contributed by atoms with Crippen molar-refractivity contribution in [2.24, 2.45) is 0 Å². The van der Waals surface area contributed by atoms with Gasteiger partial charge < -0.3 is 15.0 Å². The lowest BCUT2D eigenvalue weighted by molar-refractivity contribution is -0.120. The van der Waals surface area contributed by atoms with Gasteiger partial charge in [-0.05, 0) is 53.8 Å². The monoisotopic (exact) mass is 553 g/mol. The molecule has 0 saturated carbocycles. The molecule has 1 saturated heterocycles. The maximum absolute atomic E-state index is 12.9. The first-order valence-corrected chi connectivity index (χ1v) is 14.2. The number of amides is 1. The Labute approximate surface area is 236 Å². The lowest BCUT2D eigenvalue weighted by atomic mass is 10.0. The molecule has 1 N–H and O–H groups in total. The van der Waals surface area contributed by atoms with Crippen LogP contribution in [0.5, 0.6) is 5.75 Å². The van der Waals surface area contributed by atoms with Crippen molar-refractivity contribution in [1.82, 2.24) is 15.1 Å². The predicted molar refractivity (Wildman–Crippen MR) is 156 cm³/mol. The number of hydrogen-bond acceptors (Lipinski definition) is 4. The van der Waals surface area contributed by atoms with Crippen LogP contribution in [-0.4, -0.2) is 61.6 Å². The van der Waals surface area contributed by atoms with E-state index in [1.165, 1.54) is 5.56 Å². The van der Waals surface area contributed by atoms with E-state index in [2.05, 4.69) is 52.4 Å². The molecule has 1 amide bonds. The zero-order chi connectivity index (χ0) is 26.7. The molecule has 4 rings (SSSR count). The van der Waals surface area contributed by atoms with Gasteiger partial charge in [-0.25, -0.2) is 0 Å². The molecule has 0 radical (unpaired) electrons. The second kappa shape index (κ2) is 14.5. The van der Waals surface area contributed by atoms with E-state index in [1.807, 2.05) is 42.5 Å². The number of benzene rings is 3. The minimum Gasteiger partial charge on any atom is -0.494 e. The lowest BCUT2D eigenvalue weighted by Crippen LogP contribution is -2.50. The summed E-state index contributed by atoms with van der Waals surface area (Å²) in [7, 11) is 0. The maximum Gasteiger partial charge on any atom is 0.224 e. The summed E-state index contributed by atoms with van der Waals surface area (Å²) in [6.07, 6.45) is 2.31. The first-order valence-electron chi connectivity index (χ1n) is 13.5. The quantitative estimate of drug-likeness (QED) is 0.297. The predicted octanol–water partition coefficient (Wildman–Crippen LogP) is 6.04. The molecule has 5 nitrogen and oxygen atoms in total. The van der Waals surface area contributed by atoms with E-state index in [4.69, 9.17) is 27.9 Å². The third-order valence-electron chi connectivity index (χ3n) is 6.96. The van der Waals surface area contributed by atoms with Crippen molar-refractivity contribution in [2.75, 3.05) is 45.9 Å². The van der Waals surface area contributed by atoms with Crippen LogP contribution in [0, 0.1) is 0 Å². The van der Waals surface area contributed by atoms with Gasteiger partial charge in [0.2, 0.25) is 5.91 Å². The molecule has 38 heavy (non-hydrogen) atoms. The van der Waals surface area contributed by atoms with Crippen LogP contribution in [0.15, 0.2) is 72.8 Å². The number of carbonyl (C=O) groups is 1. The van der Waals surface area contributed by atoms with Crippen molar-refractivity contribution in [3.8, 4) is 5.75 Å². The van der Waals surface area contributed by atoms with Gasteiger partial charge in [0.05, 0.1) is 29.1 Å². The average molecular weight is 555 g/mol. The van der Waals surface area contributed by atoms with Gasteiger partial charge >= 0.3 is 0 Å². The number of carbonyl (C=O) groups excluding carboxylic acids is 1. The van der Waals surface area contributed by atoms with Crippen LogP contribution < -0.4 is 10.1 Å². The summed E-state index contributed by atoms with van der Waals surface area (Å²) >= 11 is 12.6. The molecule has 1 unspecified atom stereocenters. The van der Waals surface area contributed by atoms with Crippen LogP contribution in [0.25, 0.3) is 0 Å². The summed E-state index contributed by atoms with van der Waals surface area (Å²) in [6.45, 7) is 8.12. The molecular formula is C31H37Cl2N3O2. The van der Waals surface area contributed by atoms with Crippen LogP contribution >= 0.6 is 23.2 Å². The van der Waals surface area contributed by atoms with Gasteiger partial charge in [0, 0.05) is 39.3 Å². The molecule has 1 fully saturated rings. The Morgan fingerprint density at radius 3 is 2.42 bits per heavy atom. The van der Waals surface area contributed by atoms with Crippen molar-refractivity contribution >= 4 is 29.1 Å². The van der Waals surface area contributed by atoms with Gasteiger partial charge in [-0.1, -0.05) is 78.7 Å². The minimum atomic E-state index is -0.0100. The molecule has 1 heterocycles. The Morgan fingerprint density at radius 2 is 1.68 bits per heavy atom. The van der Waals surface area contributed by atoms with Gasteiger partial charge in [0.1, 0.15) is 5.75 Å². The smallest absolute Gasteiger partial charge is 0.224 e. The summed E-state index contributed by atoms with van der Waals surface area (Å²) in [5.74, 6) is 0.792. The highest BCUT2D eigenvalue weighted by Crippen LogP contribution is 2.29. The molecule has 0 bridgehead atoms. The van der Waals surface area contributed by atoms with Crippen molar-refractivity contribution in [1.29, 1.82) is 0 Å². The normalized spacial score (nSPS) is 15.2. The van der Waals surface area contributed by atoms with E-state index < -0.39 is 0 Å². The largest absolute Gasteiger partial charge is 0.494 e. The minimum absolute atomic E-state index is 0.0100. The number of hydrogen-bond donors (Lipinski definition) is 1. The zero-order valence-electron chi connectivity index (χ0n) is 22.0. The van der Waals surface area contributed by atoms with E-state index in [9.17, 15) is 4.79 Å². The SMILES string of the molecule is CCCOc1cccc(CC(=O)NCC(c2ccc(Cl)c(Cl)c2)N2CCN(CCc3ccccc3)CC2)c1. The van der Waals surface area contributed by atoms with Crippen molar-refractivity contribution < 1.29 is 9.53 Å². The Bertz CT molecular complexity index is 1170. The third-order valence-corrected chi connectivity index (χ3v) is 7.70. The van der Waals surface area contributed by atoms with E-state index in [0.29, 0.717) is 29.6 Å². The summed E-state index contributed by atoms with van der Waals surface area (Å²) in [5, 5.41) is 4.24. The first-order chi connectivity index (χ1) is 18.5. The second-order valence-corrected chi connectivity index (χ2v) is 10.6. The molecule has 7 heteroatoms. The number of rotatable bonds is 12. The highest BCUT2D eigenvalue weighted by molar-refractivity contribution is 6.42. The topological polar surface area (TPSA) is 44.8 Å². The van der Waals surface area contributed by atoms with Crippen molar-refractivity contribution in [2.45, 2.75) is 32.2 Å². The summed E-state index contributed by atoms with van der Waals surface area (Å²) < 4.78 is 5.72. The van der Waals surface area contributed by atoms with E-state index in [-0.39, 0.29) is 11.9 Å². The second-order valence-electron chi connectivity index (χ2n) is 9.78. The molecule has 1 aliphatic rings. The standard InChI is InChI=1S/C31H37Cl2N3O2/c1-2-19-38-27-10-6-9-25(20-27)21-31(37)34-23-30(26-11-12-28(32)29(33)22-26)36-17-15-35(16-18-36)14-13-24-7-4-3-5-8-24/h3-12,20,22,30H,2,13-19,21,23H2,1H3,(H,34,37). The van der Waals surface area contributed by atoms with Crippen LogP contribution in [-0.2, 0) is 17.6 Å². The Kier molecular flexibility index (Phi) is 10.9.